The topological polar surface area (TPSA) is 63.6 Å². The molecule has 1 saturated heterocycles. The molecule has 1 N–H and O–H groups in total. The highest BCUT2D eigenvalue weighted by atomic mass is 32.2. The van der Waals surface area contributed by atoms with Crippen LogP contribution in [0.1, 0.15) is 13.3 Å². The van der Waals surface area contributed by atoms with Crippen molar-refractivity contribution in [3.8, 4) is 0 Å². The molecule has 0 aromatic rings. The van der Waals surface area contributed by atoms with Gasteiger partial charge in [-0.1, -0.05) is 23.8 Å². The maximum atomic E-state index is 11.0. The van der Waals surface area contributed by atoms with Gasteiger partial charge in [-0.15, -0.1) is 0 Å². The molecule has 2 aliphatic rings. The molecule has 0 aromatic carbocycles. The quantitative estimate of drug-likeness (QED) is 0.662. The van der Waals surface area contributed by atoms with Crippen LogP contribution in [-0.4, -0.2) is 30.4 Å². The summed E-state index contributed by atoms with van der Waals surface area (Å²) in [6.45, 7) is 2.01. The summed E-state index contributed by atoms with van der Waals surface area (Å²) in [6, 6.07) is 0. The molecule has 78 valence electrons. The zero-order chi connectivity index (χ0) is 10.4. The minimum Gasteiger partial charge on any atom is -0.367 e. The van der Waals surface area contributed by atoms with Gasteiger partial charge in [0.2, 0.25) is 0 Å². The molecular weight excluding hydrogens is 204 g/mol. The van der Waals surface area contributed by atoms with Crippen LogP contribution >= 0.6 is 0 Å². The van der Waals surface area contributed by atoms with Gasteiger partial charge in [-0.25, -0.2) is 0 Å². The first kappa shape index (κ1) is 9.89. The molecule has 0 bridgehead atoms. The maximum absolute atomic E-state index is 11.0. The molecule has 5 heteroatoms. The van der Waals surface area contributed by atoms with Crippen molar-refractivity contribution in [3.63, 3.8) is 0 Å². The van der Waals surface area contributed by atoms with E-state index in [0.717, 1.165) is 5.57 Å². The summed E-state index contributed by atoms with van der Waals surface area (Å²) in [6.07, 6.45) is 5.97. The van der Waals surface area contributed by atoms with Crippen LogP contribution in [0.2, 0.25) is 0 Å². The van der Waals surface area contributed by atoms with Crippen LogP contribution in [0.4, 0.5) is 0 Å². The van der Waals surface area contributed by atoms with Gasteiger partial charge in [0.25, 0.3) is 10.1 Å². The van der Waals surface area contributed by atoms with E-state index >= 15 is 0 Å². The molecule has 1 aliphatic carbocycles. The molecule has 0 radical (unpaired) electrons. The molecule has 1 fully saturated rings. The number of ether oxygens (including phenoxy) is 1. The zero-order valence-electron chi connectivity index (χ0n) is 7.80. The monoisotopic (exact) mass is 216 g/mol. The Balaban J connectivity index is 2.26. The van der Waals surface area contributed by atoms with Crippen LogP contribution in [-0.2, 0) is 14.9 Å². The number of hydrogen-bond acceptors (Lipinski definition) is 3. The second-order valence-corrected chi connectivity index (χ2v) is 5.35. The van der Waals surface area contributed by atoms with Crippen molar-refractivity contribution < 1.29 is 17.7 Å². The Morgan fingerprint density at radius 2 is 2.36 bits per heavy atom. The van der Waals surface area contributed by atoms with Crippen molar-refractivity contribution in [3.05, 3.63) is 23.8 Å². The molecule has 0 saturated carbocycles. The van der Waals surface area contributed by atoms with Crippen LogP contribution in [0, 0.1) is 0 Å². The molecule has 2 unspecified atom stereocenters. The minimum atomic E-state index is -4.00. The van der Waals surface area contributed by atoms with Gasteiger partial charge in [0.1, 0.15) is 10.9 Å². The van der Waals surface area contributed by atoms with Gasteiger partial charge in [0.15, 0.2) is 0 Å². The van der Waals surface area contributed by atoms with Crippen molar-refractivity contribution in [1.29, 1.82) is 0 Å². The largest absolute Gasteiger partial charge is 0.367 e. The van der Waals surface area contributed by atoms with Crippen molar-refractivity contribution in [2.45, 2.75) is 24.2 Å². The van der Waals surface area contributed by atoms with Gasteiger partial charge in [-0.05, 0) is 6.92 Å². The van der Waals surface area contributed by atoms with E-state index in [-0.39, 0.29) is 6.61 Å². The molecule has 1 heterocycles. The predicted molar refractivity (Wildman–Crippen MR) is 51.5 cm³/mol. The fourth-order valence-corrected chi connectivity index (χ4v) is 2.77. The third-order valence-corrected chi connectivity index (χ3v) is 4.03. The average Bonchev–Trinajstić information content (AvgIpc) is 2.00. The van der Waals surface area contributed by atoms with E-state index in [1.165, 1.54) is 0 Å². The maximum Gasteiger partial charge on any atom is 0.273 e. The summed E-state index contributed by atoms with van der Waals surface area (Å²) in [4.78, 5) is 0. The highest BCUT2D eigenvalue weighted by molar-refractivity contribution is 7.86. The molecule has 1 aliphatic heterocycles. The normalized spacial score (nSPS) is 36.7. The summed E-state index contributed by atoms with van der Waals surface area (Å²) in [5.41, 5.74) is 0.271. The second-order valence-electron chi connectivity index (χ2n) is 3.76. The Hall–Kier alpha value is -0.650. The van der Waals surface area contributed by atoms with Crippen molar-refractivity contribution in [1.82, 2.24) is 0 Å². The fourth-order valence-electron chi connectivity index (χ4n) is 1.78. The van der Waals surface area contributed by atoms with Crippen molar-refractivity contribution in [2.75, 3.05) is 6.61 Å². The first-order valence-corrected chi connectivity index (χ1v) is 5.91. The summed E-state index contributed by atoms with van der Waals surface area (Å²) in [5, 5.41) is -0.810. The molecular formula is C9H12O4S. The number of rotatable bonds is 1. The Morgan fingerprint density at radius 1 is 1.64 bits per heavy atom. The zero-order valence-corrected chi connectivity index (χ0v) is 8.62. The summed E-state index contributed by atoms with van der Waals surface area (Å²) in [5.74, 6) is 0. The van der Waals surface area contributed by atoms with Gasteiger partial charge in [-0.3, -0.25) is 4.55 Å². The summed E-state index contributed by atoms with van der Waals surface area (Å²) in [7, 11) is -4.00. The predicted octanol–water partition coefficient (Wildman–Crippen LogP) is 0.918. The van der Waals surface area contributed by atoms with E-state index in [2.05, 4.69) is 0 Å². The number of allylic oxidation sites excluding steroid dienone is 2. The third kappa shape index (κ3) is 1.41. The van der Waals surface area contributed by atoms with Gasteiger partial charge >= 0.3 is 0 Å². The summed E-state index contributed by atoms with van der Waals surface area (Å²) < 4.78 is 36.2. The van der Waals surface area contributed by atoms with Crippen LogP contribution < -0.4 is 0 Å². The first-order chi connectivity index (χ1) is 6.44. The van der Waals surface area contributed by atoms with Crippen molar-refractivity contribution >= 4 is 10.1 Å². The van der Waals surface area contributed by atoms with E-state index in [1.807, 2.05) is 19.1 Å². The molecule has 2 rings (SSSR count). The highest BCUT2D eigenvalue weighted by Gasteiger charge is 2.53. The van der Waals surface area contributed by atoms with E-state index in [1.54, 1.807) is 6.08 Å². The average molecular weight is 216 g/mol. The summed E-state index contributed by atoms with van der Waals surface area (Å²) >= 11 is 0. The minimum absolute atomic E-state index is 0.0794. The van der Waals surface area contributed by atoms with Gasteiger partial charge in [0, 0.05) is 6.42 Å². The van der Waals surface area contributed by atoms with Crippen LogP contribution in [0.15, 0.2) is 23.8 Å². The molecule has 2 atom stereocenters. The lowest BCUT2D eigenvalue weighted by atomic mass is 9.85. The van der Waals surface area contributed by atoms with E-state index in [9.17, 15) is 8.42 Å². The van der Waals surface area contributed by atoms with Gasteiger partial charge in [-0.2, -0.15) is 8.42 Å². The van der Waals surface area contributed by atoms with E-state index < -0.39 is 21.0 Å². The lowest BCUT2D eigenvalue weighted by Gasteiger charge is -2.46. The van der Waals surface area contributed by atoms with Crippen molar-refractivity contribution in [2.24, 2.45) is 0 Å². The van der Waals surface area contributed by atoms with Crippen LogP contribution in [0.25, 0.3) is 0 Å². The third-order valence-electron chi connectivity index (χ3n) is 2.78. The lowest BCUT2D eigenvalue weighted by Crippen LogP contribution is -2.60. The Labute approximate surface area is 83.0 Å². The smallest absolute Gasteiger partial charge is 0.273 e. The SMILES string of the molecule is CC1=CCC2(C=C1)OCC2S(=O)(=O)O. The van der Waals surface area contributed by atoms with E-state index in [0.29, 0.717) is 6.42 Å². The lowest BCUT2D eigenvalue weighted by molar-refractivity contribution is -0.106. The van der Waals surface area contributed by atoms with E-state index in [4.69, 9.17) is 9.29 Å². The van der Waals surface area contributed by atoms with Crippen LogP contribution in [0.5, 0.6) is 0 Å². The second kappa shape index (κ2) is 2.92. The van der Waals surface area contributed by atoms with Gasteiger partial charge in [0.05, 0.1) is 6.61 Å². The Bertz CT molecular complexity index is 407. The first-order valence-electron chi connectivity index (χ1n) is 4.40. The number of hydrogen-bond donors (Lipinski definition) is 1. The molecule has 0 amide bonds. The fraction of sp³-hybridized carbons (Fsp3) is 0.556. The highest BCUT2D eigenvalue weighted by Crippen LogP contribution is 2.39. The molecule has 4 nitrogen and oxygen atoms in total. The molecule has 1 spiro atoms. The standard InChI is InChI=1S/C9H12O4S/c1-7-2-4-9(5-3-7)8(6-13-9)14(10,11)12/h2-4,8H,5-6H2,1H3,(H,10,11,12). The molecule has 14 heavy (non-hydrogen) atoms. The molecule has 0 aromatic heterocycles. The van der Waals surface area contributed by atoms with Gasteiger partial charge < -0.3 is 4.74 Å². The Kier molecular flexibility index (Phi) is 2.06. The Morgan fingerprint density at radius 3 is 2.71 bits per heavy atom. The van der Waals surface area contributed by atoms with Crippen LogP contribution in [0.3, 0.4) is 0 Å².